The van der Waals surface area contributed by atoms with E-state index in [2.05, 4.69) is 49.4 Å². The van der Waals surface area contributed by atoms with Crippen LogP contribution in [0.3, 0.4) is 0 Å². The second kappa shape index (κ2) is 5.55. The summed E-state index contributed by atoms with van der Waals surface area (Å²) in [6.07, 6.45) is 6.06. The van der Waals surface area contributed by atoms with Crippen LogP contribution in [0.15, 0.2) is 42.5 Å². The molecule has 2 aromatic rings. The monoisotopic (exact) mass is 292 g/mol. The van der Waals surface area contributed by atoms with Crippen LogP contribution in [0.1, 0.15) is 40.7 Å². The van der Waals surface area contributed by atoms with Crippen molar-refractivity contribution in [2.75, 3.05) is 6.61 Å². The predicted octanol–water partition coefficient (Wildman–Crippen LogP) is 4.63. The van der Waals surface area contributed by atoms with Crippen molar-refractivity contribution in [3.63, 3.8) is 0 Å². The van der Waals surface area contributed by atoms with Crippen LogP contribution in [-0.4, -0.2) is 6.61 Å². The quantitative estimate of drug-likeness (QED) is 0.687. The van der Waals surface area contributed by atoms with Gasteiger partial charge in [0.15, 0.2) is 0 Å². The number of fused-ring (bicyclic) bond motifs is 2. The minimum absolute atomic E-state index is 0.319. The number of ether oxygens (including phenoxy) is 1. The van der Waals surface area contributed by atoms with Crippen molar-refractivity contribution in [3.8, 4) is 0 Å². The number of rotatable bonds is 0. The van der Waals surface area contributed by atoms with E-state index in [4.69, 9.17) is 4.74 Å². The molecule has 0 radical (unpaired) electrons. The predicted molar refractivity (Wildman–Crippen MR) is 90.1 cm³/mol. The molecule has 1 aliphatic heterocycles. The Morgan fingerprint density at radius 2 is 1.59 bits per heavy atom. The fourth-order valence-electron chi connectivity index (χ4n) is 4.19. The van der Waals surface area contributed by atoms with E-state index in [1.54, 1.807) is 11.1 Å². The molecule has 0 N–H and O–H groups in total. The van der Waals surface area contributed by atoms with Gasteiger partial charge in [-0.25, -0.2) is 0 Å². The Kier molecular flexibility index (Phi) is 3.54. The lowest BCUT2D eigenvalue weighted by atomic mass is 9.75. The van der Waals surface area contributed by atoms with E-state index in [-0.39, 0.29) is 0 Å². The zero-order chi connectivity index (χ0) is 15.0. The van der Waals surface area contributed by atoms with Gasteiger partial charge in [0.05, 0.1) is 13.2 Å². The Hall–Kier alpha value is -1.60. The molecule has 114 valence electrons. The molecule has 0 saturated carbocycles. The maximum absolute atomic E-state index is 6.12. The van der Waals surface area contributed by atoms with Gasteiger partial charge in [-0.3, -0.25) is 0 Å². The van der Waals surface area contributed by atoms with Gasteiger partial charge in [-0.1, -0.05) is 48.0 Å². The molecular formula is C21H24O. The van der Waals surface area contributed by atoms with Crippen LogP contribution in [0.2, 0.25) is 0 Å². The molecule has 2 aromatic carbocycles. The summed E-state index contributed by atoms with van der Waals surface area (Å²) < 4.78 is 6.12. The third-order valence-electron chi connectivity index (χ3n) is 5.56. The highest BCUT2D eigenvalue weighted by atomic mass is 16.5. The number of aryl methyl sites for hydroxylation is 3. The second-order valence-corrected chi connectivity index (χ2v) is 7.21. The van der Waals surface area contributed by atoms with E-state index in [0.717, 1.165) is 13.2 Å². The Bertz CT molecular complexity index is 659. The molecule has 1 spiro atoms. The normalized spacial score (nSPS) is 19.9. The van der Waals surface area contributed by atoms with Crippen LogP contribution >= 0.6 is 0 Å². The van der Waals surface area contributed by atoms with Crippen molar-refractivity contribution in [2.45, 2.75) is 45.6 Å². The van der Waals surface area contributed by atoms with Gasteiger partial charge >= 0.3 is 0 Å². The van der Waals surface area contributed by atoms with Gasteiger partial charge < -0.3 is 4.74 Å². The van der Waals surface area contributed by atoms with Crippen LogP contribution in [-0.2, 0) is 30.6 Å². The summed E-state index contributed by atoms with van der Waals surface area (Å²) >= 11 is 0. The summed E-state index contributed by atoms with van der Waals surface area (Å²) in [7, 11) is 0. The SMILES string of the molecule is Cc1ccc2c(c1)COCC1(CCc3ccccc3CC1)C2. The molecule has 0 bridgehead atoms. The lowest BCUT2D eigenvalue weighted by Crippen LogP contribution is -2.28. The first-order valence-corrected chi connectivity index (χ1v) is 8.47. The molecule has 1 heterocycles. The van der Waals surface area contributed by atoms with Crippen molar-refractivity contribution in [1.29, 1.82) is 0 Å². The first-order chi connectivity index (χ1) is 10.7. The fraction of sp³-hybridized carbons (Fsp3) is 0.429. The number of hydrogen-bond acceptors (Lipinski definition) is 1. The van der Waals surface area contributed by atoms with E-state index in [1.165, 1.54) is 48.8 Å². The summed E-state index contributed by atoms with van der Waals surface area (Å²) in [5.74, 6) is 0. The minimum Gasteiger partial charge on any atom is -0.376 e. The lowest BCUT2D eigenvalue weighted by Gasteiger charge is -2.31. The average Bonchev–Trinajstić information content (AvgIpc) is 2.82. The molecule has 4 rings (SSSR count). The van der Waals surface area contributed by atoms with E-state index in [0.29, 0.717) is 5.41 Å². The van der Waals surface area contributed by atoms with Crippen LogP contribution in [0, 0.1) is 12.3 Å². The topological polar surface area (TPSA) is 9.23 Å². The first kappa shape index (κ1) is 14.0. The molecule has 0 unspecified atom stereocenters. The zero-order valence-corrected chi connectivity index (χ0v) is 13.4. The third kappa shape index (κ3) is 2.59. The van der Waals surface area contributed by atoms with E-state index in [1.807, 2.05) is 0 Å². The fourth-order valence-corrected chi connectivity index (χ4v) is 4.19. The Morgan fingerprint density at radius 3 is 2.32 bits per heavy atom. The Labute approximate surface area is 133 Å². The molecule has 0 saturated heterocycles. The maximum atomic E-state index is 6.12. The standard InChI is InChI=1S/C21H24O/c1-16-6-7-19-13-21(15-22-14-20(19)12-16)10-8-17-4-2-3-5-18(17)9-11-21/h2-7,12H,8-11,13-15H2,1H3. The molecule has 1 nitrogen and oxygen atoms in total. The summed E-state index contributed by atoms with van der Waals surface area (Å²) in [6.45, 7) is 3.86. The molecule has 0 fully saturated rings. The zero-order valence-electron chi connectivity index (χ0n) is 13.4. The van der Waals surface area contributed by atoms with Gasteiger partial charge in [0, 0.05) is 0 Å². The van der Waals surface area contributed by atoms with Gasteiger partial charge in [0.2, 0.25) is 0 Å². The van der Waals surface area contributed by atoms with E-state index < -0.39 is 0 Å². The number of hydrogen-bond donors (Lipinski definition) is 0. The molecular weight excluding hydrogens is 268 g/mol. The van der Waals surface area contributed by atoms with E-state index >= 15 is 0 Å². The summed E-state index contributed by atoms with van der Waals surface area (Å²) in [6, 6.07) is 15.9. The smallest absolute Gasteiger partial charge is 0.0719 e. The van der Waals surface area contributed by atoms with Crippen molar-refractivity contribution in [2.24, 2.45) is 5.41 Å². The first-order valence-electron chi connectivity index (χ1n) is 8.47. The average molecular weight is 292 g/mol. The molecule has 1 aliphatic carbocycles. The second-order valence-electron chi connectivity index (χ2n) is 7.21. The van der Waals surface area contributed by atoms with Gasteiger partial charge in [0.25, 0.3) is 0 Å². The third-order valence-corrected chi connectivity index (χ3v) is 5.56. The van der Waals surface area contributed by atoms with Crippen molar-refractivity contribution in [3.05, 3.63) is 70.3 Å². The lowest BCUT2D eigenvalue weighted by molar-refractivity contribution is 0.0337. The van der Waals surface area contributed by atoms with Crippen LogP contribution in [0.25, 0.3) is 0 Å². The Morgan fingerprint density at radius 1 is 0.864 bits per heavy atom. The van der Waals surface area contributed by atoms with Crippen molar-refractivity contribution in [1.82, 2.24) is 0 Å². The highest BCUT2D eigenvalue weighted by molar-refractivity contribution is 5.34. The van der Waals surface area contributed by atoms with Gasteiger partial charge in [-0.05, 0) is 66.7 Å². The minimum atomic E-state index is 0.319. The molecule has 0 aromatic heterocycles. The molecule has 0 atom stereocenters. The van der Waals surface area contributed by atoms with Crippen molar-refractivity contribution >= 4 is 0 Å². The highest BCUT2D eigenvalue weighted by Crippen LogP contribution is 2.40. The van der Waals surface area contributed by atoms with E-state index in [9.17, 15) is 0 Å². The Balaban J connectivity index is 1.64. The van der Waals surface area contributed by atoms with Crippen LogP contribution in [0.5, 0.6) is 0 Å². The van der Waals surface area contributed by atoms with Gasteiger partial charge in [0.1, 0.15) is 0 Å². The molecule has 0 amide bonds. The largest absolute Gasteiger partial charge is 0.376 e. The molecule has 1 heteroatoms. The number of benzene rings is 2. The summed E-state index contributed by atoms with van der Waals surface area (Å²) in [5, 5.41) is 0. The highest BCUT2D eigenvalue weighted by Gasteiger charge is 2.35. The van der Waals surface area contributed by atoms with Crippen LogP contribution in [0.4, 0.5) is 0 Å². The van der Waals surface area contributed by atoms with Gasteiger partial charge in [-0.2, -0.15) is 0 Å². The summed E-state index contributed by atoms with van der Waals surface area (Å²) in [4.78, 5) is 0. The molecule has 22 heavy (non-hydrogen) atoms. The van der Waals surface area contributed by atoms with Crippen molar-refractivity contribution < 1.29 is 4.74 Å². The maximum Gasteiger partial charge on any atom is 0.0719 e. The molecule has 2 aliphatic rings. The van der Waals surface area contributed by atoms with Gasteiger partial charge in [-0.15, -0.1) is 0 Å². The van der Waals surface area contributed by atoms with Crippen LogP contribution < -0.4 is 0 Å². The summed E-state index contributed by atoms with van der Waals surface area (Å²) in [5.41, 5.74) is 7.67.